The predicted octanol–water partition coefficient (Wildman–Crippen LogP) is 7.84. The third kappa shape index (κ3) is 6.01. The molecule has 1 aliphatic carbocycles. The van der Waals surface area contributed by atoms with Crippen LogP contribution in [0.1, 0.15) is 83.0 Å². The molecule has 1 aromatic carbocycles. The fraction of sp³-hybridized carbons (Fsp3) is 0.531. The number of aromatic nitrogens is 1. The number of nitrogens with one attached hydrogen (secondary N) is 2. The Morgan fingerprint density at radius 1 is 1.24 bits per heavy atom. The van der Waals surface area contributed by atoms with Crippen molar-refractivity contribution in [3.05, 3.63) is 77.4 Å². The lowest BCUT2D eigenvalue weighted by atomic mass is 9.84. The van der Waals surface area contributed by atoms with Gasteiger partial charge in [0.25, 0.3) is 0 Å². The fourth-order valence-electron chi connectivity index (χ4n) is 5.49. The summed E-state index contributed by atoms with van der Waals surface area (Å²) in [6, 6.07) is 6.82. The Balaban J connectivity index is 1.46. The Morgan fingerprint density at radius 2 is 1.95 bits per heavy atom. The molecule has 0 spiro atoms. The molecule has 0 radical (unpaired) electrons. The van der Waals surface area contributed by atoms with Crippen LogP contribution in [0.2, 0.25) is 0 Å². The van der Waals surface area contributed by atoms with Crippen molar-refractivity contribution >= 4 is 11.3 Å². The van der Waals surface area contributed by atoms with E-state index in [1.807, 2.05) is 5.51 Å². The molecule has 2 atom stereocenters. The van der Waals surface area contributed by atoms with Crippen LogP contribution in [-0.2, 0) is 6.54 Å². The van der Waals surface area contributed by atoms with Crippen molar-refractivity contribution in [3.63, 3.8) is 0 Å². The van der Waals surface area contributed by atoms with Crippen LogP contribution in [0.5, 0.6) is 0 Å². The lowest BCUT2D eigenvalue weighted by Crippen LogP contribution is -2.49. The summed E-state index contributed by atoms with van der Waals surface area (Å²) >= 11 is 1.69. The van der Waals surface area contributed by atoms with Gasteiger partial charge in [-0.05, 0) is 66.7 Å². The van der Waals surface area contributed by atoms with Gasteiger partial charge in [0.05, 0.1) is 28.2 Å². The van der Waals surface area contributed by atoms with Gasteiger partial charge in [0.15, 0.2) is 0 Å². The number of hydrogen-bond acceptors (Lipinski definition) is 5. The summed E-state index contributed by atoms with van der Waals surface area (Å²) in [4.78, 5) is 8.03. The molecule has 38 heavy (non-hydrogen) atoms. The third-order valence-electron chi connectivity index (χ3n) is 8.05. The molecular weight excluding hydrogens is 491 g/mol. The number of likely N-dealkylation sites (tertiary alicyclic amines) is 1. The smallest absolute Gasteiger partial charge is 0.149 e. The van der Waals surface area contributed by atoms with Gasteiger partial charge in [-0.2, -0.15) is 0 Å². The van der Waals surface area contributed by atoms with Gasteiger partial charge in [0.1, 0.15) is 5.67 Å². The van der Waals surface area contributed by atoms with Crippen LogP contribution in [0.3, 0.4) is 0 Å². The minimum absolute atomic E-state index is 0.105. The minimum atomic E-state index is -1.26. The summed E-state index contributed by atoms with van der Waals surface area (Å²) in [6.45, 7) is 27.7. The summed E-state index contributed by atoms with van der Waals surface area (Å²) < 4.78 is 14.7. The van der Waals surface area contributed by atoms with Gasteiger partial charge in [-0.1, -0.05) is 66.5 Å². The van der Waals surface area contributed by atoms with Crippen LogP contribution in [0.15, 0.2) is 60.5 Å². The number of thiazole rings is 1. The number of nitrogens with zero attached hydrogens (tertiary/aromatic N) is 2. The monoisotopic (exact) mass is 536 g/mol. The zero-order valence-electron chi connectivity index (χ0n) is 24.1. The molecule has 1 saturated carbocycles. The molecule has 2 N–H and O–H groups in total. The zero-order valence-corrected chi connectivity index (χ0v) is 24.9. The number of allylic oxidation sites excluding steroid dienone is 1. The van der Waals surface area contributed by atoms with Crippen molar-refractivity contribution in [1.29, 1.82) is 0 Å². The Kier molecular flexibility index (Phi) is 8.13. The number of aryl methyl sites for hydroxylation is 1. The molecular formula is C32H45FN4S. The SMILES string of the molecule is C=C(NCc1ccc(-c2scnc2C)cc1C(C)C)C1CCCN1C(=C)C(NC(=C)C1(F)CC1)C(C)(C)C. The van der Waals surface area contributed by atoms with Crippen LogP contribution in [0.25, 0.3) is 10.4 Å². The van der Waals surface area contributed by atoms with Gasteiger partial charge in [-0.3, -0.25) is 0 Å². The molecule has 2 fully saturated rings. The van der Waals surface area contributed by atoms with Gasteiger partial charge >= 0.3 is 0 Å². The maximum atomic E-state index is 14.7. The summed E-state index contributed by atoms with van der Waals surface area (Å²) in [5.41, 5.74) is 7.95. The lowest BCUT2D eigenvalue weighted by Gasteiger charge is -2.41. The first-order chi connectivity index (χ1) is 17.8. The van der Waals surface area contributed by atoms with E-state index >= 15 is 0 Å². The van der Waals surface area contributed by atoms with E-state index in [0.717, 1.165) is 43.0 Å². The van der Waals surface area contributed by atoms with Crippen molar-refractivity contribution in [2.45, 2.75) is 97.4 Å². The largest absolute Gasteiger partial charge is 0.383 e. The minimum Gasteiger partial charge on any atom is -0.383 e. The highest BCUT2D eigenvalue weighted by Crippen LogP contribution is 2.45. The maximum Gasteiger partial charge on any atom is 0.149 e. The van der Waals surface area contributed by atoms with Crippen molar-refractivity contribution in [2.75, 3.05) is 6.54 Å². The Hall–Kier alpha value is -2.60. The van der Waals surface area contributed by atoms with E-state index in [1.54, 1.807) is 11.3 Å². The standard InChI is InChI=1S/C32H45FN4S/c1-20(2)27-17-25(29-22(4)35-19-38-29)12-13-26(27)18-34-21(3)28-11-10-16-37(28)23(5)30(31(7,8)9)36-24(6)32(33)14-15-32/h12-13,17,19-20,28,30,34,36H,3,5-6,10-11,14-16,18H2,1-2,4,7-9H3. The fourth-order valence-corrected chi connectivity index (χ4v) is 6.30. The molecule has 1 aromatic heterocycles. The second-order valence-corrected chi connectivity index (χ2v) is 13.3. The van der Waals surface area contributed by atoms with Gasteiger partial charge in [0.2, 0.25) is 0 Å². The highest BCUT2D eigenvalue weighted by Gasteiger charge is 2.48. The van der Waals surface area contributed by atoms with E-state index in [4.69, 9.17) is 0 Å². The summed E-state index contributed by atoms with van der Waals surface area (Å²) in [5.74, 6) is 0.410. The maximum absolute atomic E-state index is 14.7. The van der Waals surface area contributed by atoms with Crippen LogP contribution in [0.4, 0.5) is 4.39 Å². The van der Waals surface area contributed by atoms with E-state index in [9.17, 15) is 4.39 Å². The first kappa shape index (κ1) is 28.4. The number of alkyl halides is 1. The van der Waals surface area contributed by atoms with Crippen LogP contribution >= 0.6 is 11.3 Å². The van der Waals surface area contributed by atoms with Crippen LogP contribution in [0, 0.1) is 12.3 Å². The Morgan fingerprint density at radius 3 is 2.53 bits per heavy atom. The second-order valence-electron chi connectivity index (χ2n) is 12.4. The van der Waals surface area contributed by atoms with E-state index in [2.05, 4.69) is 100.0 Å². The van der Waals surface area contributed by atoms with Gasteiger partial charge < -0.3 is 15.5 Å². The number of halogens is 1. The average Bonchev–Trinajstić information content (AvgIpc) is 3.23. The normalized spacial score (nSPS) is 19.4. The van der Waals surface area contributed by atoms with Crippen LogP contribution in [-0.4, -0.2) is 34.2 Å². The molecule has 1 saturated heterocycles. The third-order valence-corrected chi connectivity index (χ3v) is 9.03. The molecule has 6 heteroatoms. The summed E-state index contributed by atoms with van der Waals surface area (Å²) in [6.07, 6.45) is 3.21. The molecule has 4 rings (SSSR count). The van der Waals surface area contributed by atoms with Crippen molar-refractivity contribution < 1.29 is 4.39 Å². The van der Waals surface area contributed by atoms with E-state index in [0.29, 0.717) is 24.5 Å². The van der Waals surface area contributed by atoms with Crippen molar-refractivity contribution in [1.82, 2.24) is 20.5 Å². The summed E-state index contributed by atoms with van der Waals surface area (Å²) in [7, 11) is 0. The lowest BCUT2D eigenvalue weighted by molar-refractivity contribution is 0.225. The van der Waals surface area contributed by atoms with Gasteiger partial charge in [-0.15, -0.1) is 11.3 Å². The number of rotatable bonds is 11. The number of benzene rings is 1. The molecule has 206 valence electrons. The van der Waals surface area contributed by atoms with Crippen LogP contribution < -0.4 is 10.6 Å². The van der Waals surface area contributed by atoms with Crippen molar-refractivity contribution in [2.24, 2.45) is 5.41 Å². The molecule has 2 aliphatic rings. The molecule has 2 unspecified atom stereocenters. The average molecular weight is 537 g/mol. The van der Waals surface area contributed by atoms with E-state index in [1.165, 1.54) is 21.6 Å². The van der Waals surface area contributed by atoms with Crippen molar-refractivity contribution in [3.8, 4) is 10.4 Å². The van der Waals surface area contributed by atoms with Gasteiger partial charge in [0, 0.05) is 30.2 Å². The Bertz CT molecular complexity index is 1200. The summed E-state index contributed by atoms with van der Waals surface area (Å²) in [5, 5.41) is 7.08. The molecule has 2 heterocycles. The highest BCUT2D eigenvalue weighted by atomic mass is 32.1. The molecule has 0 bridgehead atoms. The molecule has 4 nitrogen and oxygen atoms in total. The quantitative estimate of drug-likeness (QED) is 0.307. The topological polar surface area (TPSA) is 40.2 Å². The molecule has 0 amide bonds. The van der Waals surface area contributed by atoms with E-state index < -0.39 is 5.67 Å². The van der Waals surface area contributed by atoms with E-state index in [-0.39, 0.29) is 17.5 Å². The zero-order chi connectivity index (χ0) is 27.8. The molecule has 2 aromatic rings. The molecule has 1 aliphatic heterocycles. The Labute approximate surface area is 233 Å². The second kappa shape index (κ2) is 10.9. The predicted molar refractivity (Wildman–Crippen MR) is 160 cm³/mol. The first-order valence-electron chi connectivity index (χ1n) is 13.9. The first-order valence-corrected chi connectivity index (χ1v) is 14.8. The number of hydrogen-bond donors (Lipinski definition) is 2. The van der Waals surface area contributed by atoms with Gasteiger partial charge in [-0.25, -0.2) is 9.37 Å². The highest BCUT2D eigenvalue weighted by molar-refractivity contribution is 7.13.